The molecule has 0 bridgehead atoms. The Kier molecular flexibility index (Phi) is 4.88. The summed E-state index contributed by atoms with van der Waals surface area (Å²) >= 11 is 0. The van der Waals surface area contributed by atoms with Crippen molar-refractivity contribution >= 4 is 11.4 Å². The van der Waals surface area contributed by atoms with Crippen LogP contribution in [0, 0.1) is 0 Å². The average Bonchev–Trinajstić information content (AvgIpc) is 3.36. The monoisotopic (exact) mass is 538 g/mol. The van der Waals surface area contributed by atoms with Gasteiger partial charge in [0.05, 0.1) is 11.1 Å². The van der Waals surface area contributed by atoms with Crippen molar-refractivity contribution in [2.75, 3.05) is 5.32 Å². The van der Waals surface area contributed by atoms with Crippen molar-refractivity contribution in [3.05, 3.63) is 185 Å². The van der Waals surface area contributed by atoms with Crippen LogP contribution in [0.5, 0.6) is 11.5 Å². The Morgan fingerprint density at radius 1 is 0.500 bits per heavy atom. The van der Waals surface area contributed by atoms with Crippen molar-refractivity contribution in [3.8, 4) is 22.6 Å². The zero-order valence-corrected chi connectivity index (χ0v) is 22.8. The fourth-order valence-electron chi connectivity index (χ4n) is 7.31. The molecule has 3 nitrogen and oxygen atoms in total. The van der Waals surface area contributed by atoms with Crippen molar-refractivity contribution in [3.63, 3.8) is 0 Å². The molecular formula is C39H26N2O. The molecule has 3 heteroatoms. The molecule has 6 aromatic rings. The van der Waals surface area contributed by atoms with E-state index >= 15 is 0 Å². The number of fused-ring (bicyclic) bond motifs is 10. The van der Waals surface area contributed by atoms with E-state index in [9.17, 15) is 0 Å². The highest BCUT2D eigenvalue weighted by molar-refractivity contribution is 6.19. The fourth-order valence-corrected chi connectivity index (χ4v) is 7.31. The standard InChI is InChI=1S/C39H26N2O/c1-2-13-25(14-3-1)38-40-33-22-9-5-16-28(33)37(41-38)29-18-12-17-27-26-15-4-6-19-30(26)39(36(27)29)31-20-7-10-23-34(31)42-35-24-11-8-21-32(35)39/h1-24,38,40H. The lowest BCUT2D eigenvalue weighted by molar-refractivity contribution is 0.436. The predicted octanol–water partition coefficient (Wildman–Crippen LogP) is 9.12. The fraction of sp³-hybridized carbons (Fsp3) is 0.0513. The molecule has 198 valence electrons. The quantitative estimate of drug-likeness (QED) is 0.238. The van der Waals surface area contributed by atoms with Crippen molar-refractivity contribution in [1.82, 2.24) is 0 Å². The minimum absolute atomic E-state index is 0.194. The third-order valence-electron chi connectivity index (χ3n) is 8.97. The van der Waals surface area contributed by atoms with Crippen molar-refractivity contribution in [2.24, 2.45) is 4.99 Å². The van der Waals surface area contributed by atoms with Gasteiger partial charge in [-0.2, -0.15) is 0 Å². The van der Waals surface area contributed by atoms with Crippen LogP contribution in [0.4, 0.5) is 5.69 Å². The highest BCUT2D eigenvalue weighted by Gasteiger charge is 2.52. The third-order valence-corrected chi connectivity index (χ3v) is 8.97. The molecule has 1 N–H and O–H groups in total. The zero-order chi connectivity index (χ0) is 27.7. The van der Waals surface area contributed by atoms with Crippen LogP contribution in [0.2, 0.25) is 0 Å². The van der Waals surface area contributed by atoms with Gasteiger partial charge in [-0.25, -0.2) is 0 Å². The van der Waals surface area contributed by atoms with Crippen LogP contribution in [0.25, 0.3) is 11.1 Å². The second-order valence-corrected chi connectivity index (χ2v) is 11.1. The van der Waals surface area contributed by atoms with Crippen LogP contribution in [0.3, 0.4) is 0 Å². The van der Waals surface area contributed by atoms with E-state index in [0.29, 0.717) is 0 Å². The molecule has 2 aliphatic heterocycles. The van der Waals surface area contributed by atoms with Crippen molar-refractivity contribution in [2.45, 2.75) is 11.6 Å². The molecule has 1 unspecified atom stereocenters. The lowest BCUT2D eigenvalue weighted by Gasteiger charge is -2.40. The zero-order valence-electron chi connectivity index (χ0n) is 22.8. The lowest BCUT2D eigenvalue weighted by Crippen LogP contribution is -2.34. The molecular weight excluding hydrogens is 512 g/mol. The number of para-hydroxylation sites is 3. The topological polar surface area (TPSA) is 33.6 Å². The van der Waals surface area contributed by atoms with Crippen LogP contribution in [-0.2, 0) is 5.41 Å². The third kappa shape index (κ3) is 3.08. The lowest BCUT2D eigenvalue weighted by atomic mass is 9.64. The normalized spacial score (nSPS) is 16.6. The summed E-state index contributed by atoms with van der Waals surface area (Å²) in [4.78, 5) is 5.47. The van der Waals surface area contributed by atoms with Gasteiger partial charge in [0.1, 0.15) is 17.7 Å². The first kappa shape index (κ1) is 23.3. The van der Waals surface area contributed by atoms with E-state index in [0.717, 1.165) is 50.7 Å². The molecule has 0 fully saturated rings. The maximum absolute atomic E-state index is 6.57. The summed E-state index contributed by atoms with van der Waals surface area (Å²) in [5.41, 5.74) is 12.3. The van der Waals surface area contributed by atoms with Crippen LogP contribution >= 0.6 is 0 Å². The molecule has 1 spiro atoms. The second-order valence-electron chi connectivity index (χ2n) is 11.1. The Morgan fingerprint density at radius 3 is 1.83 bits per heavy atom. The first-order valence-corrected chi connectivity index (χ1v) is 14.4. The van der Waals surface area contributed by atoms with Gasteiger partial charge in [-0.1, -0.05) is 127 Å². The van der Waals surface area contributed by atoms with Crippen LogP contribution in [0.1, 0.15) is 45.1 Å². The van der Waals surface area contributed by atoms with Gasteiger partial charge in [0.15, 0.2) is 0 Å². The number of hydrogen-bond donors (Lipinski definition) is 1. The van der Waals surface area contributed by atoms with E-state index in [-0.39, 0.29) is 6.17 Å². The maximum atomic E-state index is 6.57. The SMILES string of the molecule is c1ccc(C2N=C(c3cccc4c3C3(c5ccccc5Oc5ccccc53)c3ccccc3-4)c3ccccc3N2)cc1. The van der Waals surface area contributed by atoms with E-state index in [1.165, 1.54) is 22.3 Å². The number of ether oxygens (including phenoxy) is 1. The van der Waals surface area contributed by atoms with E-state index in [1.54, 1.807) is 0 Å². The molecule has 0 aromatic heterocycles. The molecule has 9 rings (SSSR count). The molecule has 2 heterocycles. The van der Waals surface area contributed by atoms with Gasteiger partial charge < -0.3 is 10.1 Å². The maximum Gasteiger partial charge on any atom is 0.145 e. The van der Waals surface area contributed by atoms with E-state index in [2.05, 4.69) is 151 Å². The number of benzene rings is 6. The Morgan fingerprint density at radius 2 is 1.07 bits per heavy atom. The summed E-state index contributed by atoms with van der Waals surface area (Å²) in [5, 5.41) is 3.69. The van der Waals surface area contributed by atoms with Crippen molar-refractivity contribution in [1.29, 1.82) is 0 Å². The minimum Gasteiger partial charge on any atom is -0.457 e. The molecule has 1 aliphatic carbocycles. The highest BCUT2D eigenvalue weighted by atomic mass is 16.5. The van der Waals surface area contributed by atoms with E-state index in [4.69, 9.17) is 9.73 Å². The second kappa shape index (κ2) is 8.79. The summed E-state index contributed by atoms with van der Waals surface area (Å²) in [6, 6.07) is 51.7. The summed E-state index contributed by atoms with van der Waals surface area (Å²) in [5.74, 6) is 1.78. The number of hydrogen-bond acceptors (Lipinski definition) is 3. The van der Waals surface area contributed by atoms with Gasteiger partial charge in [-0.05, 0) is 46.0 Å². The molecule has 42 heavy (non-hydrogen) atoms. The molecule has 3 aliphatic rings. The number of aliphatic imine (C=N–C) groups is 1. The Labute approximate surface area is 244 Å². The van der Waals surface area contributed by atoms with Gasteiger partial charge in [0, 0.05) is 27.9 Å². The van der Waals surface area contributed by atoms with Gasteiger partial charge >= 0.3 is 0 Å². The largest absolute Gasteiger partial charge is 0.457 e. The summed E-state index contributed by atoms with van der Waals surface area (Å²) in [6.07, 6.45) is -0.194. The van der Waals surface area contributed by atoms with Crippen LogP contribution in [0.15, 0.2) is 151 Å². The highest BCUT2D eigenvalue weighted by Crippen LogP contribution is 2.63. The van der Waals surface area contributed by atoms with Crippen molar-refractivity contribution < 1.29 is 4.74 Å². The Hall–Kier alpha value is -5.41. The van der Waals surface area contributed by atoms with Crippen LogP contribution < -0.4 is 10.1 Å². The Bertz CT molecular complexity index is 2010. The molecule has 6 aromatic carbocycles. The molecule has 0 radical (unpaired) electrons. The minimum atomic E-state index is -0.557. The number of nitrogens with one attached hydrogen (secondary N) is 1. The van der Waals surface area contributed by atoms with Gasteiger partial charge in [0.25, 0.3) is 0 Å². The van der Waals surface area contributed by atoms with E-state index in [1.807, 2.05) is 0 Å². The smallest absolute Gasteiger partial charge is 0.145 e. The summed E-state index contributed by atoms with van der Waals surface area (Å²) < 4.78 is 6.57. The Balaban J connectivity index is 1.41. The molecule has 0 saturated carbocycles. The van der Waals surface area contributed by atoms with Crippen LogP contribution in [-0.4, -0.2) is 5.71 Å². The number of rotatable bonds is 2. The van der Waals surface area contributed by atoms with E-state index < -0.39 is 5.41 Å². The first-order valence-electron chi connectivity index (χ1n) is 14.4. The number of nitrogens with zero attached hydrogens (tertiary/aromatic N) is 1. The first-order chi connectivity index (χ1) is 20.8. The molecule has 0 amide bonds. The van der Waals surface area contributed by atoms with Gasteiger partial charge in [-0.3, -0.25) is 4.99 Å². The van der Waals surface area contributed by atoms with Gasteiger partial charge in [-0.15, -0.1) is 0 Å². The molecule has 1 atom stereocenters. The van der Waals surface area contributed by atoms with Gasteiger partial charge in [0.2, 0.25) is 0 Å². The molecule has 0 saturated heterocycles. The number of anilines is 1. The predicted molar refractivity (Wildman–Crippen MR) is 169 cm³/mol. The average molecular weight is 539 g/mol. The summed E-state index contributed by atoms with van der Waals surface area (Å²) in [6.45, 7) is 0. The summed E-state index contributed by atoms with van der Waals surface area (Å²) in [7, 11) is 0.